The van der Waals surface area contributed by atoms with Gasteiger partial charge in [0, 0.05) is 18.8 Å². The van der Waals surface area contributed by atoms with E-state index in [0.717, 1.165) is 42.2 Å². The summed E-state index contributed by atoms with van der Waals surface area (Å²) < 4.78 is 5.62. The quantitative estimate of drug-likeness (QED) is 0.543. The van der Waals surface area contributed by atoms with Gasteiger partial charge in [-0.2, -0.15) is 4.98 Å². The molecule has 0 radical (unpaired) electrons. The highest BCUT2D eigenvalue weighted by atomic mass is 35.5. The molecule has 0 saturated heterocycles. The zero-order valence-corrected chi connectivity index (χ0v) is 19.9. The first-order valence-electron chi connectivity index (χ1n) is 10.7. The Bertz CT molecular complexity index is 1130. The van der Waals surface area contributed by atoms with Gasteiger partial charge in [0.05, 0.1) is 12.8 Å². The molecular formula is C24H29ClN6O. The Kier molecular flexibility index (Phi) is 6.22. The average Bonchev–Trinajstić information content (AvgIpc) is 2.75. The van der Waals surface area contributed by atoms with Gasteiger partial charge in [-0.05, 0) is 53.8 Å². The van der Waals surface area contributed by atoms with E-state index in [1.54, 1.807) is 7.11 Å². The lowest BCUT2D eigenvalue weighted by Gasteiger charge is -2.26. The molecule has 0 spiro atoms. The van der Waals surface area contributed by atoms with E-state index >= 15 is 0 Å². The maximum Gasteiger partial charge on any atom is 0.249 e. The maximum atomic E-state index is 6.33. The molecule has 0 unspecified atom stereocenters. The highest BCUT2D eigenvalue weighted by Crippen LogP contribution is 2.35. The SMILES string of the molecule is COc1cc2c(cc1Nc1nnc(Cl)c(Nc3ccccc3C(C)(C)C)n1)CN(C)CC2. The molecule has 0 aliphatic carbocycles. The van der Waals surface area contributed by atoms with E-state index in [0.29, 0.717) is 11.8 Å². The first kappa shape index (κ1) is 22.3. The van der Waals surface area contributed by atoms with Crippen LogP contribution in [0, 0.1) is 0 Å². The van der Waals surface area contributed by atoms with E-state index in [9.17, 15) is 0 Å². The first-order chi connectivity index (χ1) is 15.2. The number of ether oxygens (including phenoxy) is 1. The summed E-state index contributed by atoms with van der Waals surface area (Å²) in [5, 5.41) is 15.0. The average molecular weight is 453 g/mol. The zero-order chi connectivity index (χ0) is 22.9. The Morgan fingerprint density at radius 1 is 1.03 bits per heavy atom. The van der Waals surface area contributed by atoms with E-state index in [-0.39, 0.29) is 10.6 Å². The number of likely N-dealkylation sites (N-methyl/N-ethyl adjacent to an activating group) is 1. The standard InChI is InChI=1S/C24H29ClN6O/c1-24(2,3)17-8-6-7-9-18(17)26-22-21(25)29-30-23(28-22)27-19-12-16-14-31(4)11-10-15(16)13-20(19)32-5/h6-9,12-13H,10-11,14H2,1-5H3,(H2,26,27,28,30). The van der Waals surface area contributed by atoms with Crippen molar-refractivity contribution in [2.45, 2.75) is 39.2 Å². The van der Waals surface area contributed by atoms with Crippen LogP contribution in [0.2, 0.25) is 5.15 Å². The predicted octanol–water partition coefficient (Wildman–Crippen LogP) is 5.31. The third kappa shape index (κ3) is 4.79. The molecule has 0 fully saturated rings. The minimum atomic E-state index is -0.0404. The van der Waals surface area contributed by atoms with Crippen molar-refractivity contribution in [1.29, 1.82) is 0 Å². The number of halogens is 1. The van der Waals surface area contributed by atoms with Crippen molar-refractivity contribution in [3.05, 3.63) is 58.2 Å². The van der Waals surface area contributed by atoms with E-state index in [4.69, 9.17) is 16.3 Å². The minimum Gasteiger partial charge on any atom is -0.495 e. The highest BCUT2D eigenvalue weighted by Gasteiger charge is 2.20. The second kappa shape index (κ2) is 8.92. The number of hydrogen-bond acceptors (Lipinski definition) is 7. The second-order valence-corrected chi connectivity index (χ2v) is 9.49. The lowest BCUT2D eigenvalue weighted by atomic mass is 9.86. The Morgan fingerprint density at radius 3 is 2.56 bits per heavy atom. The monoisotopic (exact) mass is 452 g/mol. The summed E-state index contributed by atoms with van der Waals surface area (Å²) in [6.07, 6.45) is 1.00. The molecule has 2 N–H and O–H groups in total. The molecule has 3 aromatic rings. The van der Waals surface area contributed by atoms with Crippen molar-refractivity contribution >= 4 is 34.7 Å². The van der Waals surface area contributed by atoms with E-state index in [1.165, 1.54) is 11.1 Å². The van der Waals surface area contributed by atoms with Gasteiger partial charge in [0.25, 0.3) is 0 Å². The van der Waals surface area contributed by atoms with Crippen LogP contribution in [0.5, 0.6) is 5.75 Å². The summed E-state index contributed by atoms with van der Waals surface area (Å²) >= 11 is 6.33. The Balaban J connectivity index is 1.64. The van der Waals surface area contributed by atoms with Crippen LogP contribution in [-0.2, 0) is 18.4 Å². The van der Waals surface area contributed by atoms with E-state index in [1.807, 2.05) is 18.2 Å². The Hall–Kier alpha value is -2.90. The fourth-order valence-electron chi connectivity index (χ4n) is 3.93. The van der Waals surface area contributed by atoms with Gasteiger partial charge in [-0.3, -0.25) is 0 Å². The van der Waals surface area contributed by atoms with Gasteiger partial charge >= 0.3 is 0 Å². The molecule has 0 saturated carbocycles. The maximum absolute atomic E-state index is 6.33. The molecule has 1 aliphatic rings. The molecule has 8 heteroatoms. The second-order valence-electron chi connectivity index (χ2n) is 9.13. The number of nitrogens with one attached hydrogen (secondary N) is 2. The van der Waals surface area contributed by atoms with Crippen LogP contribution < -0.4 is 15.4 Å². The number of fused-ring (bicyclic) bond motifs is 1. The molecule has 0 atom stereocenters. The molecular weight excluding hydrogens is 424 g/mol. The fraction of sp³-hybridized carbons (Fsp3) is 0.375. The highest BCUT2D eigenvalue weighted by molar-refractivity contribution is 6.31. The van der Waals surface area contributed by atoms with Gasteiger partial charge in [0.15, 0.2) is 11.0 Å². The molecule has 2 heterocycles. The molecule has 4 rings (SSSR count). The molecule has 1 aliphatic heterocycles. The molecule has 0 amide bonds. The van der Waals surface area contributed by atoms with Crippen LogP contribution in [0.1, 0.15) is 37.5 Å². The Labute approximate surface area is 194 Å². The number of methoxy groups -OCH3 is 1. The van der Waals surface area contributed by atoms with Crippen molar-refractivity contribution in [3.63, 3.8) is 0 Å². The Morgan fingerprint density at radius 2 is 1.81 bits per heavy atom. The molecule has 1 aromatic heterocycles. The number of para-hydroxylation sites is 1. The van der Waals surface area contributed by atoms with Crippen molar-refractivity contribution in [2.75, 3.05) is 31.3 Å². The summed E-state index contributed by atoms with van der Waals surface area (Å²) in [5.74, 6) is 1.53. The lowest BCUT2D eigenvalue weighted by Crippen LogP contribution is -2.26. The van der Waals surface area contributed by atoms with Crippen LogP contribution in [0.3, 0.4) is 0 Å². The minimum absolute atomic E-state index is 0.0404. The van der Waals surface area contributed by atoms with Gasteiger partial charge in [-0.1, -0.05) is 50.6 Å². The van der Waals surface area contributed by atoms with Gasteiger partial charge in [0.1, 0.15) is 5.75 Å². The third-order valence-electron chi connectivity index (χ3n) is 5.61. The smallest absolute Gasteiger partial charge is 0.249 e. The molecule has 2 aromatic carbocycles. The number of hydrogen-bond donors (Lipinski definition) is 2. The van der Waals surface area contributed by atoms with Crippen LogP contribution in [0.15, 0.2) is 36.4 Å². The van der Waals surface area contributed by atoms with Gasteiger partial charge < -0.3 is 20.3 Å². The summed E-state index contributed by atoms with van der Waals surface area (Å²) in [6.45, 7) is 8.43. The third-order valence-corrected chi connectivity index (χ3v) is 5.86. The van der Waals surface area contributed by atoms with Crippen molar-refractivity contribution in [2.24, 2.45) is 0 Å². The van der Waals surface area contributed by atoms with Gasteiger partial charge in [-0.15, -0.1) is 10.2 Å². The molecule has 7 nitrogen and oxygen atoms in total. The summed E-state index contributed by atoms with van der Waals surface area (Å²) in [5.41, 5.74) is 5.42. The van der Waals surface area contributed by atoms with Crippen LogP contribution >= 0.6 is 11.6 Å². The normalized spacial score (nSPS) is 14.1. The summed E-state index contributed by atoms with van der Waals surface area (Å²) in [4.78, 5) is 6.89. The zero-order valence-electron chi connectivity index (χ0n) is 19.2. The number of anilines is 4. The van der Waals surface area contributed by atoms with Gasteiger partial charge in [0.2, 0.25) is 5.95 Å². The number of aromatic nitrogens is 3. The van der Waals surface area contributed by atoms with Crippen molar-refractivity contribution in [1.82, 2.24) is 20.1 Å². The van der Waals surface area contributed by atoms with Crippen LogP contribution in [-0.4, -0.2) is 40.8 Å². The predicted molar refractivity (Wildman–Crippen MR) is 130 cm³/mol. The van der Waals surface area contributed by atoms with Crippen LogP contribution in [0.25, 0.3) is 0 Å². The van der Waals surface area contributed by atoms with Crippen LogP contribution in [0.4, 0.5) is 23.1 Å². The van der Waals surface area contributed by atoms with Crippen molar-refractivity contribution < 1.29 is 4.74 Å². The first-order valence-corrected chi connectivity index (χ1v) is 11.0. The number of rotatable bonds is 5. The van der Waals surface area contributed by atoms with Gasteiger partial charge in [-0.25, -0.2) is 0 Å². The van der Waals surface area contributed by atoms with Crippen molar-refractivity contribution in [3.8, 4) is 5.75 Å². The lowest BCUT2D eigenvalue weighted by molar-refractivity contribution is 0.312. The number of benzene rings is 2. The molecule has 32 heavy (non-hydrogen) atoms. The van der Waals surface area contributed by atoms with E-state index < -0.39 is 0 Å². The number of nitrogens with zero attached hydrogens (tertiary/aromatic N) is 4. The van der Waals surface area contributed by atoms with E-state index in [2.05, 4.69) is 76.7 Å². The molecule has 168 valence electrons. The summed E-state index contributed by atoms with van der Waals surface area (Å²) in [6, 6.07) is 12.3. The molecule has 0 bridgehead atoms. The topological polar surface area (TPSA) is 75.2 Å². The fourth-order valence-corrected chi connectivity index (χ4v) is 4.06. The summed E-state index contributed by atoms with van der Waals surface area (Å²) in [7, 11) is 3.79. The largest absolute Gasteiger partial charge is 0.495 e.